The lowest BCUT2D eigenvalue weighted by Crippen LogP contribution is -2.24. The molecule has 0 aromatic heterocycles. The molecule has 0 amide bonds. The third-order valence-corrected chi connectivity index (χ3v) is 4.40. The van der Waals surface area contributed by atoms with Crippen molar-refractivity contribution in [3.05, 3.63) is 29.3 Å². The van der Waals surface area contributed by atoms with E-state index in [-0.39, 0.29) is 0 Å². The quantitative estimate of drug-likeness (QED) is 0.644. The van der Waals surface area contributed by atoms with Gasteiger partial charge in [0.2, 0.25) is 0 Å². The summed E-state index contributed by atoms with van der Waals surface area (Å²) in [6.07, 6.45) is 10.2. The Bertz CT molecular complexity index is 416. The Hall–Kier alpha value is -1.02. The Morgan fingerprint density at radius 1 is 1.14 bits per heavy atom. The van der Waals surface area contributed by atoms with E-state index in [2.05, 4.69) is 37.4 Å². The molecule has 1 N–H and O–H groups in total. The second kappa shape index (κ2) is 9.09. The van der Waals surface area contributed by atoms with Crippen LogP contribution in [0.2, 0.25) is 0 Å². The van der Waals surface area contributed by atoms with Crippen LogP contribution in [-0.2, 0) is 6.42 Å². The molecule has 2 heteroatoms. The highest BCUT2D eigenvalue weighted by atomic mass is 16.5. The van der Waals surface area contributed by atoms with Gasteiger partial charge in [0.05, 0.1) is 6.61 Å². The maximum absolute atomic E-state index is 5.93. The first kappa shape index (κ1) is 16.4. The summed E-state index contributed by atoms with van der Waals surface area (Å²) in [6.45, 7) is 6.34. The zero-order valence-corrected chi connectivity index (χ0v) is 13.8. The molecule has 0 fully saturated rings. The predicted molar refractivity (Wildman–Crippen MR) is 90.1 cm³/mol. The van der Waals surface area contributed by atoms with Gasteiger partial charge >= 0.3 is 0 Å². The molecule has 1 aliphatic rings. The molecule has 1 unspecified atom stereocenters. The van der Waals surface area contributed by atoms with E-state index in [0.717, 1.165) is 18.9 Å². The smallest absolute Gasteiger partial charge is 0.119 e. The molecular weight excluding hydrogens is 258 g/mol. The van der Waals surface area contributed by atoms with E-state index in [0.29, 0.717) is 6.04 Å². The summed E-state index contributed by atoms with van der Waals surface area (Å²) in [6, 6.07) is 7.24. The molecule has 0 saturated carbocycles. The van der Waals surface area contributed by atoms with Crippen molar-refractivity contribution in [2.45, 2.75) is 71.3 Å². The van der Waals surface area contributed by atoms with E-state index < -0.39 is 0 Å². The zero-order chi connectivity index (χ0) is 14.9. The Morgan fingerprint density at radius 2 is 2.00 bits per heavy atom. The highest BCUT2D eigenvalue weighted by Crippen LogP contribution is 2.32. The first-order valence-electron chi connectivity index (χ1n) is 8.84. The van der Waals surface area contributed by atoms with Crippen molar-refractivity contribution in [1.82, 2.24) is 5.32 Å². The van der Waals surface area contributed by atoms with E-state index in [4.69, 9.17) is 4.74 Å². The summed E-state index contributed by atoms with van der Waals surface area (Å²) in [7, 11) is 0. The van der Waals surface area contributed by atoms with Crippen LogP contribution in [0.25, 0.3) is 0 Å². The largest absolute Gasteiger partial charge is 0.494 e. The average molecular weight is 289 g/mol. The Labute approximate surface area is 130 Å². The molecule has 0 radical (unpaired) electrons. The van der Waals surface area contributed by atoms with Gasteiger partial charge in [-0.05, 0) is 55.5 Å². The predicted octanol–water partition coefficient (Wildman–Crippen LogP) is 5.02. The maximum atomic E-state index is 5.93. The van der Waals surface area contributed by atoms with E-state index in [9.17, 15) is 0 Å². The molecular formula is C19H31NO. The zero-order valence-electron chi connectivity index (χ0n) is 13.8. The van der Waals surface area contributed by atoms with Crippen molar-refractivity contribution >= 4 is 0 Å². The van der Waals surface area contributed by atoms with Gasteiger partial charge in [-0.15, -0.1) is 0 Å². The monoisotopic (exact) mass is 289 g/mol. The van der Waals surface area contributed by atoms with E-state index in [1.165, 1.54) is 62.5 Å². The lowest BCUT2D eigenvalue weighted by Gasteiger charge is -2.26. The van der Waals surface area contributed by atoms with Gasteiger partial charge in [-0.1, -0.05) is 45.6 Å². The second-order valence-corrected chi connectivity index (χ2v) is 6.13. The summed E-state index contributed by atoms with van der Waals surface area (Å²) in [5.74, 6) is 1.06. The first-order chi connectivity index (χ1) is 10.3. The van der Waals surface area contributed by atoms with Crippen molar-refractivity contribution in [1.29, 1.82) is 0 Å². The van der Waals surface area contributed by atoms with Gasteiger partial charge in [0, 0.05) is 6.04 Å². The Morgan fingerprint density at radius 3 is 2.81 bits per heavy atom. The fourth-order valence-corrected chi connectivity index (χ4v) is 3.23. The third kappa shape index (κ3) is 5.03. The molecule has 1 aromatic rings. The normalized spacial score (nSPS) is 17.5. The van der Waals surface area contributed by atoms with Crippen LogP contribution >= 0.6 is 0 Å². The SMILES string of the molecule is CCCCCCCOc1ccc2c(c1)CCCC2NCC. The molecule has 0 bridgehead atoms. The molecule has 0 heterocycles. The van der Waals surface area contributed by atoms with Crippen LogP contribution in [-0.4, -0.2) is 13.2 Å². The van der Waals surface area contributed by atoms with E-state index in [1.807, 2.05) is 0 Å². The summed E-state index contributed by atoms with van der Waals surface area (Å²) < 4.78 is 5.93. The van der Waals surface area contributed by atoms with Crippen LogP contribution < -0.4 is 10.1 Å². The molecule has 0 spiro atoms. The highest BCUT2D eigenvalue weighted by molar-refractivity contribution is 5.39. The maximum Gasteiger partial charge on any atom is 0.119 e. The van der Waals surface area contributed by atoms with Crippen LogP contribution in [0.5, 0.6) is 5.75 Å². The van der Waals surface area contributed by atoms with Gasteiger partial charge in [0.25, 0.3) is 0 Å². The fourth-order valence-electron chi connectivity index (χ4n) is 3.23. The number of ether oxygens (including phenoxy) is 1. The molecule has 1 aliphatic carbocycles. The van der Waals surface area contributed by atoms with Crippen LogP contribution in [0.4, 0.5) is 0 Å². The number of unbranched alkanes of at least 4 members (excludes halogenated alkanes) is 4. The first-order valence-corrected chi connectivity index (χ1v) is 8.84. The lowest BCUT2D eigenvalue weighted by molar-refractivity contribution is 0.303. The van der Waals surface area contributed by atoms with Crippen molar-refractivity contribution < 1.29 is 4.74 Å². The number of benzene rings is 1. The van der Waals surface area contributed by atoms with Gasteiger partial charge in [-0.25, -0.2) is 0 Å². The lowest BCUT2D eigenvalue weighted by atomic mass is 9.87. The van der Waals surface area contributed by atoms with Crippen LogP contribution in [0.1, 0.15) is 76.0 Å². The van der Waals surface area contributed by atoms with Crippen LogP contribution in [0.3, 0.4) is 0 Å². The van der Waals surface area contributed by atoms with Gasteiger partial charge in [-0.2, -0.15) is 0 Å². The van der Waals surface area contributed by atoms with Gasteiger partial charge < -0.3 is 10.1 Å². The molecule has 2 nitrogen and oxygen atoms in total. The molecule has 118 valence electrons. The number of rotatable bonds is 9. The van der Waals surface area contributed by atoms with Gasteiger partial charge in [0.1, 0.15) is 5.75 Å². The van der Waals surface area contributed by atoms with Crippen LogP contribution in [0.15, 0.2) is 18.2 Å². The van der Waals surface area contributed by atoms with Crippen LogP contribution in [0, 0.1) is 0 Å². The Kier molecular flexibility index (Phi) is 7.08. The topological polar surface area (TPSA) is 21.3 Å². The number of hydrogen-bond acceptors (Lipinski definition) is 2. The van der Waals surface area contributed by atoms with Crippen molar-refractivity contribution in [2.75, 3.05) is 13.2 Å². The minimum absolute atomic E-state index is 0.543. The summed E-state index contributed by atoms with van der Waals surface area (Å²) >= 11 is 0. The summed E-state index contributed by atoms with van der Waals surface area (Å²) in [5, 5.41) is 3.59. The van der Waals surface area contributed by atoms with Crippen molar-refractivity contribution in [3.63, 3.8) is 0 Å². The minimum atomic E-state index is 0.543. The van der Waals surface area contributed by atoms with E-state index >= 15 is 0 Å². The fraction of sp³-hybridized carbons (Fsp3) is 0.684. The molecule has 21 heavy (non-hydrogen) atoms. The minimum Gasteiger partial charge on any atom is -0.494 e. The second-order valence-electron chi connectivity index (χ2n) is 6.13. The summed E-state index contributed by atoms with van der Waals surface area (Å²) in [5.41, 5.74) is 2.97. The Balaban J connectivity index is 1.83. The average Bonchev–Trinajstić information content (AvgIpc) is 2.51. The van der Waals surface area contributed by atoms with Crippen molar-refractivity contribution in [2.24, 2.45) is 0 Å². The standard InChI is InChI=1S/C19H31NO/c1-3-5-6-7-8-14-21-17-12-13-18-16(15-17)10-9-11-19(18)20-4-2/h12-13,15,19-20H,3-11,14H2,1-2H3. The third-order valence-electron chi connectivity index (χ3n) is 4.40. The number of fused-ring (bicyclic) bond motifs is 1. The number of nitrogens with one attached hydrogen (secondary N) is 1. The van der Waals surface area contributed by atoms with Gasteiger partial charge in [0.15, 0.2) is 0 Å². The number of aryl methyl sites for hydroxylation is 1. The number of hydrogen-bond donors (Lipinski definition) is 1. The van der Waals surface area contributed by atoms with Crippen molar-refractivity contribution in [3.8, 4) is 5.75 Å². The van der Waals surface area contributed by atoms with E-state index in [1.54, 1.807) is 0 Å². The van der Waals surface area contributed by atoms with Gasteiger partial charge in [-0.3, -0.25) is 0 Å². The summed E-state index contributed by atoms with van der Waals surface area (Å²) in [4.78, 5) is 0. The molecule has 1 atom stereocenters. The molecule has 1 aromatic carbocycles. The molecule has 0 saturated heterocycles. The highest BCUT2D eigenvalue weighted by Gasteiger charge is 2.19. The molecule has 0 aliphatic heterocycles. The molecule has 2 rings (SSSR count).